The van der Waals surface area contributed by atoms with Crippen LogP contribution in [-0.4, -0.2) is 27.4 Å². The molecule has 0 atom stereocenters. The highest BCUT2D eigenvalue weighted by atomic mass is 35.5. The van der Waals surface area contributed by atoms with Gasteiger partial charge < -0.3 is 15.2 Å². The van der Waals surface area contributed by atoms with Crippen molar-refractivity contribution < 1.29 is 27.8 Å². The van der Waals surface area contributed by atoms with Gasteiger partial charge in [0.15, 0.2) is 18.1 Å². The van der Waals surface area contributed by atoms with E-state index in [4.69, 9.17) is 39.5 Å². The zero-order chi connectivity index (χ0) is 22.1. The number of amides is 1. The van der Waals surface area contributed by atoms with Crippen molar-refractivity contribution in [3.63, 3.8) is 0 Å². The van der Waals surface area contributed by atoms with Gasteiger partial charge in [-0.05, 0) is 24.3 Å². The highest BCUT2D eigenvalue weighted by Crippen LogP contribution is 2.35. The van der Waals surface area contributed by atoms with Crippen molar-refractivity contribution in [1.82, 2.24) is 9.78 Å². The monoisotopic (exact) mass is 495 g/mol. The standard InChI is InChI=1S/C18H11Cl3F3N3O3.CH4/c19-9-5-11(21)17(29)12(6-9)25-15(28)8-30-16-7-14(18(22,23)24)26-27(16)13-4-2-1-3-10(13)20;/h1-7,29H,8H2,(H,25,28);1H4. The molecule has 2 aromatic carbocycles. The van der Waals surface area contributed by atoms with Crippen molar-refractivity contribution in [3.8, 4) is 17.3 Å². The fraction of sp³-hybridized carbons (Fsp3) is 0.158. The van der Waals surface area contributed by atoms with Gasteiger partial charge in [-0.3, -0.25) is 4.79 Å². The molecule has 12 heteroatoms. The van der Waals surface area contributed by atoms with Gasteiger partial charge in [-0.15, -0.1) is 0 Å². The molecule has 0 aliphatic rings. The fourth-order valence-electron chi connectivity index (χ4n) is 2.39. The van der Waals surface area contributed by atoms with Gasteiger partial charge in [-0.2, -0.15) is 23.0 Å². The predicted octanol–water partition coefficient (Wildman–Crippen LogP) is 6.21. The van der Waals surface area contributed by atoms with Gasteiger partial charge in [0.25, 0.3) is 5.91 Å². The summed E-state index contributed by atoms with van der Waals surface area (Å²) in [4.78, 5) is 12.2. The Morgan fingerprint density at radius 2 is 1.81 bits per heavy atom. The number of benzene rings is 2. The SMILES string of the molecule is C.O=C(COc1cc(C(F)(F)F)nn1-c1ccccc1Cl)Nc1cc(Cl)cc(Cl)c1O. The topological polar surface area (TPSA) is 76.4 Å². The number of rotatable bonds is 5. The number of hydrogen-bond donors (Lipinski definition) is 2. The first-order valence-corrected chi connectivity index (χ1v) is 9.22. The molecule has 0 spiro atoms. The molecule has 0 radical (unpaired) electrons. The molecule has 1 heterocycles. The lowest BCUT2D eigenvalue weighted by Gasteiger charge is -2.12. The van der Waals surface area contributed by atoms with E-state index in [0.717, 1.165) is 4.68 Å². The Morgan fingerprint density at radius 3 is 2.45 bits per heavy atom. The minimum atomic E-state index is -4.74. The largest absolute Gasteiger partial charge is 0.504 e. The molecule has 0 saturated carbocycles. The summed E-state index contributed by atoms with van der Waals surface area (Å²) in [5.41, 5.74) is -1.18. The molecule has 0 fully saturated rings. The van der Waals surface area contributed by atoms with Crippen LogP contribution in [0.4, 0.5) is 18.9 Å². The first-order valence-electron chi connectivity index (χ1n) is 8.09. The lowest BCUT2D eigenvalue weighted by atomic mass is 10.3. The van der Waals surface area contributed by atoms with Crippen molar-refractivity contribution in [2.45, 2.75) is 13.6 Å². The lowest BCUT2D eigenvalue weighted by molar-refractivity contribution is -0.141. The number of anilines is 1. The molecule has 2 N–H and O–H groups in total. The molecule has 6 nitrogen and oxygen atoms in total. The van der Waals surface area contributed by atoms with Crippen molar-refractivity contribution >= 4 is 46.4 Å². The number of phenolic OH excluding ortho intramolecular Hbond substituents is 1. The molecule has 0 unspecified atom stereocenters. The summed E-state index contributed by atoms with van der Waals surface area (Å²) in [7, 11) is 0. The third kappa shape index (κ3) is 5.75. The van der Waals surface area contributed by atoms with Crippen LogP contribution in [0.1, 0.15) is 13.1 Å². The summed E-state index contributed by atoms with van der Waals surface area (Å²) in [5.74, 6) is -1.57. The maximum absolute atomic E-state index is 13.1. The molecular weight excluding hydrogens is 482 g/mol. The van der Waals surface area contributed by atoms with E-state index in [1.165, 1.54) is 24.3 Å². The third-order valence-electron chi connectivity index (χ3n) is 3.70. The first-order chi connectivity index (χ1) is 14.1. The van der Waals surface area contributed by atoms with Crippen LogP contribution in [0.3, 0.4) is 0 Å². The van der Waals surface area contributed by atoms with E-state index >= 15 is 0 Å². The van der Waals surface area contributed by atoms with E-state index in [9.17, 15) is 23.1 Å². The van der Waals surface area contributed by atoms with Crippen LogP contribution in [0, 0.1) is 0 Å². The third-order valence-corrected chi connectivity index (χ3v) is 4.53. The molecule has 0 aliphatic carbocycles. The number of carbonyl (C=O) groups excluding carboxylic acids is 1. The van der Waals surface area contributed by atoms with Crippen molar-refractivity contribution in [3.05, 3.63) is 63.2 Å². The van der Waals surface area contributed by atoms with Gasteiger partial charge in [-0.25, -0.2) is 0 Å². The number of para-hydroxylation sites is 1. The molecule has 166 valence electrons. The summed E-state index contributed by atoms with van der Waals surface area (Å²) in [5, 5.41) is 15.9. The molecule has 1 aromatic heterocycles. The van der Waals surface area contributed by atoms with Gasteiger partial charge in [-0.1, -0.05) is 54.4 Å². The smallest absolute Gasteiger partial charge is 0.435 e. The number of aromatic nitrogens is 2. The van der Waals surface area contributed by atoms with Crippen molar-refractivity contribution in [2.24, 2.45) is 0 Å². The Balaban J connectivity index is 0.00000341. The minimum Gasteiger partial charge on any atom is -0.504 e. The molecule has 1 amide bonds. The van der Waals surface area contributed by atoms with E-state index in [-0.39, 0.29) is 39.7 Å². The first kappa shape index (κ1) is 24.6. The maximum Gasteiger partial charge on any atom is 0.435 e. The number of phenols is 1. The van der Waals surface area contributed by atoms with Crippen molar-refractivity contribution in [2.75, 3.05) is 11.9 Å². The summed E-state index contributed by atoms with van der Waals surface area (Å²) in [6.45, 7) is -0.697. The van der Waals surface area contributed by atoms with Crippen LogP contribution < -0.4 is 10.1 Å². The van der Waals surface area contributed by atoms with E-state index in [1.54, 1.807) is 12.1 Å². The van der Waals surface area contributed by atoms with E-state index in [2.05, 4.69) is 10.4 Å². The number of hydrogen-bond acceptors (Lipinski definition) is 4. The van der Waals surface area contributed by atoms with Gasteiger partial charge in [0, 0.05) is 11.1 Å². The average molecular weight is 497 g/mol. The van der Waals surface area contributed by atoms with Gasteiger partial charge >= 0.3 is 6.18 Å². The molecule has 0 saturated heterocycles. The Labute approximate surface area is 190 Å². The molecule has 0 bridgehead atoms. The van der Waals surface area contributed by atoms with Crippen LogP contribution in [0.15, 0.2) is 42.5 Å². The summed E-state index contributed by atoms with van der Waals surface area (Å²) in [6.07, 6.45) is -4.74. The molecule has 3 rings (SSSR count). The number of nitrogens with one attached hydrogen (secondary N) is 1. The van der Waals surface area contributed by atoms with Gasteiger partial charge in [0.1, 0.15) is 0 Å². The highest BCUT2D eigenvalue weighted by molar-refractivity contribution is 6.36. The van der Waals surface area contributed by atoms with E-state index in [0.29, 0.717) is 6.07 Å². The molecular formula is C19H15Cl3F3N3O3. The normalized spacial score (nSPS) is 11.0. The summed E-state index contributed by atoms with van der Waals surface area (Å²) < 4.78 is 45.4. The Kier molecular flexibility index (Phi) is 7.69. The van der Waals surface area contributed by atoms with Crippen LogP contribution in [0.25, 0.3) is 5.69 Å². The maximum atomic E-state index is 13.1. The molecule has 3 aromatic rings. The van der Waals surface area contributed by atoms with Crippen molar-refractivity contribution in [1.29, 1.82) is 0 Å². The van der Waals surface area contributed by atoms with Gasteiger partial charge in [0.2, 0.25) is 5.88 Å². The number of aromatic hydroxyl groups is 1. The summed E-state index contributed by atoms with van der Waals surface area (Å²) in [6, 6.07) is 9.21. The van der Waals surface area contributed by atoms with Gasteiger partial charge in [0.05, 0.1) is 21.4 Å². The second-order valence-electron chi connectivity index (χ2n) is 5.85. The molecule has 31 heavy (non-hydrogen) atoms. The van der Waals surface area contributed by atoms with Crippen LogP contribution in [-0.2, 0) is 11.0 Å². The zero-order valence-electron chi connectivity index (χ0n) is 14.7. The Bertz CT molecular complexity index is 1100. The fourth-order valence-corrected chi connectivity index (χ4v) is 3.10. The quantitative estimate of drug-likeness (QED) is 0.412. The number of nitrogens with zero attached hydrogens (tertiary/aromatic N) is 2. The number of carbonyl (C=O) groups is 1. The highest BCUT2D eigenvalue weighted by Gasteiger charge is 2.36. The number of alkyl halides is 3. The Hall–Kier alpha value is -2.62. The van der Waals surface area contributed by atoms with E-state index < -0.39 is 30.1 Å². The van der Waals surface area contributed by atoms with Crippen LogP contribution in [0.5, 0.6) is 11.6 Å². The number of ether oxygens (including phenoxy) is 1. The second-order valence-corrected chi connectivity index (χ2v) is 7.10. The Morgan fingerprint density at radius 1 is 1.13 bits per heavy atom. The second kappa shape index (κ2) is 9.67. The lowest BCUT2D eigenvalue weighted by Crippen LogP contribution is -2.21. The van der Waals surface area contributed by atoms with E-state index in [1.807, 2.05) is 0 Å². The zero-order valence-corrected chi connectivity index (χ0v) is 16.9. The number of halogens is 6. The predicted molar refractivity (Wildman–Crippen MR) is 113 cm³/mol. The minimum absolute atomic E-state index is 0. The summed E-state index contributed by atoms with van der Waals surface area (Å²) >= 11 is 17.6. The van der Waals surface area contributed by atoms with Crippen LogP contribution >= 0.6 is 34.8 Å². The van der Waals surface area contributed by atoms with Crippen LogP contribution in [0.2, 0.25) is 15.1 Å². The average Bonchev–Trinajstić information content (AvgIpc) is 3.09. The molecule has 0 aliphatic heterocycles.